The molecule has 1 aromatic heterocycles. The van der Waals surface area contributed by atoms with Crippen LogP contribution in [0.1, 0.15) is 22.3 Å². The average Bonchev–Trinajstić information content (AvgIpc) is 3.81. The van der Waals surface area contributed by atoms with Gasteiger partial charge in [0.2, 0.25) is 0 Å². The van der Waals surface area contributed by atoms with Gasteiger partial charge in [-0.05, 0) is 86.5 Å². The lowest BCUT2D eigenvalue weighted by molar-refractivity contribution is 0.768. The molecule has 11 rings (SSSR count). The van der Waals surface area contributed by atoms with Gasteiger partial charge in [0, 0.05) is 37.1 Å². The van der Waals surface area contributed by atoms with E-state index in [4.69, 9.17) is 0 Å². The molecular formula is C55H37NS. The SMILES string of the molecule is c1ccc(-c2ccc(N(c3ccc4c(c3)C(c3ccccc3)(c3ccccc3)c3ccccc3-4)c3ccc4c(sc5ccccc54)c3-c3ccccc3)cc2)cc1. The lowest BCUT2D eigenvalue weighted by Crippen LogP contribution is -2.28. The molecule has 1 aliphatic rings. The predicted octanol–water partition coefficient (Wildman–Crippen LogP) is 15.2. The van der Waals surface area contributed by atoms with Gasteiger partial charge in [-0.1, -0.05) is 188 Å². The highest BCUT2D eigenvalue weighted by molar-refractivity contribution is 7.26. The number of hydrogen-bond acceptors (Lipinski definition) is 2. The van der Waals surface area contributed by atoms with Gasteiger partial charge in [-0.15, -0.1) is 11.3 Å². The monoisotopic (exact) mass is 743 g/mol. The van der Waals surface area contributed by atoms with Crippen LogP contribution in [0.5, 0.6) is 0 Å². The summed E-state index contributed by atoms with van der Waals surface area (Å²) in [5.74, 6) is 0. The minimum absolute atomic E-state index is 0.509. The molecule has 0 saturated heterocycles. The van der Waals surface area contributed by atoms with Crippen molar-refractivity contribution in [3.05, 3.63) is 247 Å². The van der Waals surface area contributed by atoms with Gasteiger partial charge >= 0.3 is 0 Å². The van der Waals surface area contributed by atoms with E-state index in [1.807, 2.05) is 11.3 Å². The summed E-state index contributed by atoms with van der Waals surface area (Å²) in [5.41, 5.74) is 15.4. The highest BCUT2D eigenvalue weighted by atomic mass is 32.1. The fourth-order valence-corrected chi connectivity index (χ4v) is 10.5. The van der Waals surface area contributed by atoms with E-state index < -0.39 is 5.41 Å². The number of nitrogens with zero attached hydrogens (tertiary/aromatic N) is 1. The molecular weight excluding hydrogens is 707 g/mol. The van der Waals surface area contributed by atoms with Crippen molar-refractivity contribution in [3.8, 4) is 33.4 Å². The molecule has 2 heteroatoms. The predicted molar refractivity (Wildman–Crippen MR) is 242 cm³/mol. The van der Waals surface area contributed by atoms with Crippen molar-refractivity contribution in [3.63, 3.8) is 0 Å². The summed E-state index contributed by atoms with van der Waals surface area (Å²) in [6.07, 6.45) is 0. The Morgan fingerprint density at radius 2 is 0.912 bits per heavy atom. The zero-order valence-corrected chi connectivity index (χ0v) is 32.0. The van der Waals surface area contributed by atoms with Crippen molar-refractivity contribution in [2.45, 2.75) is 5.41 Å². The molecule has 0 unspecified atom stereocenters. The largest absolute Gasteiger partial charge is 0.310 e. The Hall–Kier alpha value is -7.00. The van der Waals surface area contributed by atoms with Gasteiger partial charge in [-0.25, -0.2) is 0 Å². The van der Waals surface area contributed by atoms with Crippen molar-refractivity contribution in [1.29, 1.82) is 0 Å². The molecule has 0 saturated carbocycles. The van der Waals surface area contributed by atoms with E-state index >= 15 is 0 Å². The van der Waals surface area contributed by atoms with Gasteiger partial charge in [0.1, 0.15) is 0 Å². The van der Waals surface area contributed by atoms with Gasteiger partial charge in [-0.3, -0.25) is 0 Å². The molecule has 0 N–H and O–H groups in total. The van der Waals surface area contributed by atoms with E-state index in [2.05, 4.69) is 229 Å². The third kappa shape index (κ3) is 5.29. The standard InChI is InChI=1S/C55H37NS/c1-5-17-38(18-6-1)39-29-31-43(32-30-39)56(51-36-35-48-47-26-14-16-28-52(47)57-54(48)53(51)40-19-7-2-8-20-40)44-33-34-46-45-25-13-15-27-49(45)55(50(46)37-44,41-21-9-3-10-22-41)42-23-11-4-12-24-42/h1-37H. The second kappa shape index (κ2) is 13.6. The molecule has 1 aliphatic carbocycles. The maximum atomic E-state index is 2.49. The Labute approximate surface area is 337 Å². The van der Waals surface area contributed by atoms with Gasteiger partial charge in [-0.2, -0.15) is 0 Å². The van der Waals surface area contributed by atoms with Crippen LogP contribution in [0.3, 0.4) is 0 Å². The topological polar surface area (TPSA) is 3.24 Å². The summed E-state index contributed by atoms with van der Waals surface area (Å²) in [7, 11) is 0. The highest BCUT2D eigenvalue weighted by Crippen LogP contribution is 2.58. The van der Waals surface area contributed by atoms with Crippen molar-refractivity contribution in [2.75, 3.05) is 4.90 Å². The molecule has 0 atom stereocenters. The number of fused-ring (bicyclic) bond motifs is 6. The average molecular weight is 744 g/mol. The normalized spacial score (nSPS) is 12.7. The minimum atomic E-state index is -0.509. The number of benzene rings is 9. The van der Waals surface area contributed by atoms with Crippen molar-refractivity contribution < 1.29 is 0 Å². The fourth-order valence-electron chi connectivity index (χ4n) is 9.28. The van der Waals surface area contributed by atoms with E-state index in [9.17, 15) is 0 Å². The zero-order valence-electron chi connectivity index (χ0n) is 31.2. The number of hydrogen-bond donors (Lipinski definition) is 0. The molecule has 0 fully saturated rings. The number of anilines is 3. The zero-order chi connectivity index (χ0) is 37.8. The quantitative estimate of drug-likeness (QED) is 0.157. The summed E-state index contributed by atoms with van der Waals surface area (Å²) in [6, 6.07) is 82.5. The van der Waals surface area contributed by atoms with Crippen molar-refractivity contribution in [2.24, 2.45) is 0 Å². The van der Waals surface area contributed by atoms with Crippen molar-refractivity contribution in [1.82, 2.24) is 0 Å². The maximum absolute atomic E-state index is 2.49. The molecule has 0 bridgehead atoms. The van der Waals surface area contributed by atoms with Gasteiger partial charge in [0.25, 0.3) is 0 Å². The third-order valence-electron chi connectivity index (χ3n) is 11.8. The van der Waals surface area contributed by atoms with Gasteiger partial charge in [0.05, 0.1) is 11.1 Å². The summed E-state index contributed by atoms with van der Waals surface area (Å²) >= 11 is 1.88. The van der Waals surface area contributed by atoms with Gasteiger partial charge in [0.15, 0.2) is 0 Å². The summed E-state index contributed by atoms with van der Waals surface area (Å²) in [6.45, 7) is 0. The molecule has 1 nitrogen and oxygen atoms in total. The van der Waals surface area contributed by atoms with Crippen molar-refractivity contribution >= 4 is 48.6 Å². The van der Waals surface area contributed by atoms with E-state index in [0.29, 0.717) is 0 Å². The Bertz CT molecular complexity index is 3000. The van der Waals surface area contributed by atoms with Crippen LogP contribution in [0.25, 0.3) is 53.6 Å². The van der Waals surface area contributed by atoms with Crippen LogP contribution in [-0.2, 0) is 5.41 Å². The summed E-state index contributed by atoms with van der Waals surface area (Å²) < 4.78 is 2.59. The fraction of sp³-hybridized carbons (Fsp3) is 0.0182. The first kappa shape index (κ1) is 33.3. The van der Waals surface area contributed by atoms with Crippen LogP contribution in [0.4, 0.5) is 17.1 Å². The highest BCUT2D eigenvalue weighted by Gasteiger charge is 2.46. The molecule has 0 amide bonds. The van der Waals surface area contributed by atoms with Crippen LogP contribution >= 0.6 is 11.3 Å². The molecule has 10 aromatic rings. The molecule has 268 valence electrons. The number of rotatable bonds is 7. The Morgan fingerprint density at radius 1 is 0.368 bits per heavy atom. The Balaban J connectivity index is 1.21. The first-order valence-electron chi connectivity index (χ1n) is 19.6. The molecule has 0 aliphatic heterocycles. The first-order chi connectivity index (χ1) is 28.3. The maximum Gasteiger partial charge on any atom is 0.0714 e. The van der Waals surface area contributed by atoms with Crippen LogP contribution in [0, 0.1) is 0 Å². The van der Waals surface area contributed by atoms with E-state index in [1.165, 1.54) is 75.8 Å². The van der Waals surface area contributed by atoms with Crippen LogP contribution in [0.2, 0.25) is 0 Å². The molecule has 0 spiro atoms. The van der Waals surface area contributed by atoms with E-state index in [0.717, 1.165) is 17.1 Å². The lowest BCUT2D eigenvalue weighted by atomic mass is 9.67. The summed E-state index contributed by atoms with van der Waals surface area (Å²) in [4.78, 5) is 2.49. The van der Waals surface area contributed by atoms with E-state index in [-0.39, 0.29) is 0 Å². The minimum Gasteiger partial charge on any atom is -0.310 e. The Kier molecular flexibility index (Phi) is 7.98. The molecule has 57 heavy (non-hydrogen) atoms. The first-order valence-corrected chi connectivity index (χ1v) is 20.4. The molecule has 9 aromatic carbocycles. The third-order valence-corrected chi connectivity index (χ3v) is 13.0. The smallest absolute Gasteiger partial charge is 0.0714 e. The lowest BCUT2D eigenvalue weighted by Gasteiger charge is -2.35. The van der Waals surface area contributed by atoms with Crippen LogP contribution < -0.4 is 4.90 Å². The summed E-state index contributed by atoms with van der Waals surface area (Å²) in [5, 5.41) is 2.58. The van der Waals surface area contributed by atoms with E-state index in [1.54, 1.807) is 0 Å². The Morgan fingerprint density at radius 3 is 1.61 bits per heavy atom. The number of thiophene rings is 1. The molecule has 1 heterocycles. The second-order valence-electron chi connectivity index (χ2n) is 14.8. The van der Waals surface area contributed by atoms with Crippen LogP contribution in [0.15, 0.2) is 224 Å². The van der Waals surface area contributed by atoms with Crippen LogP contribution in [-0.4, -0.2) is 0 Å². The van der Waals surface area contributed by atoms with Gasteiger partial charge < -0.3 is 4.90 Å². The second-order valence-corrected chi connectivity index (χ2v) is 15.9. The molecule has 0 radical (unpaired) electrons.